The van der Waals surface area contributed by atoms with Crippen LogP contribution in [0.1, 0.15) is 33.6 Å². The molecule has 0 N–H and O–H groups in total. The van der Waals surface area contributed by atoms with Crippen molar-refractivity contribution in [1.82, 2.24) is 9.97 Å². The van der Waals surface area contributed by atoms with E-state index >= 15 is 0 Å². The van der Waals surface area contributed by atoms with Crippen LogP contribution in [0, 0.1) is 6.92 Å². The number of rotatable bonds is 0. The molecule has 0 unspecified atom stereocenters. The van der Waals surface area contributed by atoms with Gasteiger partial charge in [-0.2, -0.15) is 0 Å². The summed E-state index contributed by atoms with van der Waals surface area (Å²) in [7, 11) is 0. The highest BCUT2D eigenvalue weighted by atomic mass is 16.4. The van der Waals surface area contributed by atoms with E-state index in [9.17, 15) is 4.79 Å². The van der Waals surface area contributed by atoms with Crippen LogP contribution in [0.4, 0.5) is 0 Å². The van der Waals surface area contributed by atoms with E-state index in [0.717, 1.165) is 0 Å². The Bertz CT molecular complexity index is 478. The highest BCUT2D eigenvalue weighted by Crippen LogP contribution is 2.02. The number of fused-ring (bicyclic) bond motifs is 1. The maximum atomic E-state index is 11.1. The van der Waals surface area contributed by atoms with Gasteiger partial charge in [-0.15, -0.1) is 0 Å². The van der Waals surface area contributed by atoms with Crippen LogP contribution in [-0.4, -0.2) is 9.97 Å². The van der Waals surface area contributed by atoms with Gasteiger partial charge in [0, 0.05) is 13.1 Å². The van der Waals surface area contributed by atoms with Crippen molar-refractivity contribution in [2.24, 2.45) is 0 Å². The second kappa shape index (κ2) is 7.56. The van der Waals surface area contributed by atoms with Gasteiger partial charge in [0.15, 0.2) is 11.4 Å². The van der Waals surface area contributed by atoms with Crippen LogP contribution in [0.2, 0.25) is 0 Å². The molecule has 2 rings (SSSR count). The molecule has 0 aliphatic heterocycles. The van der Waals surface area contributed by atoms with Crippen molar-refractivity contribution in [2.45, 2.75) is 34.6 Å². The molecule has 0 saturated heterocycles. The monoisotopic (exact) mass is 222 g/mol. The summed E-state index contributed by atoms with van der Waals surface area (Å²) in [5.41, 5.74) is 0.424. The lowest BCUT2D eigenvalue weighted by Crippen LogP contribution is -2.04. The Labute approximate surface area is 95.4 Å². The molecule has 4 nitrogen and oxygen atoms in total. The van der Waals surface area contributed by atoms with Gasteiger partial charge in [0.1, 0.15) is 0 Å². The summed E-state index contributed by atoms with van der Waals surface area (Å²) in [6, 6.07) is 3.46. The quantitative estimate of drug-likeness (QED) is 0.687. The molecular formula is C12H18N2O2. The van der Waals surface area contributed by atoms with Crippen LogP contribution in [-0.2, 0) is 0 Å². The predicted molar refractivity (Wildman–Crippen MR) is 65.5 cm³/mol. The van der Waals surface area contributed by atoms with Crippen molar-refractivity contribution in [3.63, 3.8) is 0 Å². The lowest BCUT2D eigenvalue weighted by atomic mass is 10.4. The van der Waals surface area contributed by atoms with Crippen molar-refractivity contribution in [2.75, 3.05) is 0 Å². The molecule has 2 heterocycles. The Kier molecular flexibility index (Phi) is 6.76. The maximum absolute atomic E-state index is 11.1. The van der Waals surface area contributed by atoms with E-state index in [-0.39, 0.29) is 5.52 Å². The Morgan fingerprint density at radius 2 is 1.81 bits per heavy atom. The van der Waals surface area contributed by atoms with E-state index in [0.29, 0.717) is 11.4 Å². The molecule has 0 saturated carbocycles. The summed E-state index contributed by atoms with van der Waals surface area (Å²) in [6.45, 7) is 9.63. The van der Waals surface area contributed by atoms with E-state index < -0.39 is 5.63 Å². The van der Waals surface area contributed by atoms with Crippen LogP contribution in [0.15, 0.2) is 27.5 Å². The van der Waals surface area contributed by atoms with E-state index in [2.05, 4.69) is 9.97 Å². The fourth-order valence-electron chi connectivity index (χ4n) is 1.02. The summed E-state index contributed by atoms with van der Waals surface area (Å²) in [4.78, 5) is 19.0. The third-order valence-corrected chi connectivity index (χ3v) is 1.50. The molecule has 0 radical (unpaired) electrons. The normalized spacial score (nSPS) is 8.56. The number of hydrogen-bond donors (Lipinski definition) is 0. The number of aryl methyl sites for hydroxylation is 1. The van der Waals surface area contributed by atoms with Crippen molar-refractivity contribution in [3.8, 4) is 0 Å². The minimum absolute atomic E-state index is 0.281. The molecule has 0 atom stereocenters. The Morgan fingerprint density at radius 1 is 1.19 bits per heavy atom. The van der Waals surface area contributed by atoms with Gasteiger partial charge in [0.25, 0.3) is 0 Å². The van der Waals surface area contributed by atoms with Crippen LogP contribution in [0.5, 0.6) is 0 Å². The summed E-state index contributed by atoms with van der Waals surface area (Å²) in [5, 5.41) is 0. The predicted octanol–water partition coefficient (Wildman–Crippen LogP) is 2.94. The molecule has 2 aromatic rings. The molecule has 0 aliphatic rings. The van der Waals surface area contributed by atoms with Crippen molar-refractivity contribution in [3.05, 3.63) is 34.6 Å². The number of aromatic nitrogens is 2. The first-order chi connectivity index (χ1) is 7.77. The number of pyridine rings is 1. The van der Waals surface area contributed by atoms with Crippen molar-refractivity contribution < 1.29 is 4.42 Å². The first-order valence-electron chi connectivity index (χ1n) is 5.50. The standard InChI is InChI=1S/C8H6N2O2.2C2H6/c1-5-10-6-3-2-4-9-7(6)8(11)12-5;2*1-2/h2-4H,1H3;2*1-2H3. The third-order valence-electron chi connectivity index (χ3n) is 1.50. The van der Waals surface area contributed by atoms with Crippen LogP contribution in [0.25, 0.3) is 11.0 Å². The van der Waals surface area contributed by atoms with E-state index in [4.69, 9.17) is 4.42 Å². The van der Waals surface area contributed by atoms with Gasteiger partial charge >= 0.3 is 5.63 Å². The molecule has 88 valence electrons. The fraction of sp³-hybridized carbons (Fsp3) is 0.417. The molecule has 0 aliphatic carbocycles. The minimum Gasteiger partial charge on any atom is -0.407 e. The van der Waals surface area contributed by atoms with Gasteiger partial charge in [-0.1, -0.05) is 27.7 Å². The second-order valence-corrected chi connectivity index (χ2v) is 2.39. The number of nitrogens with zero attached hydrogens (tertiary/aromatic N) is 2. The Morgan fingerprint density at radius 3 is 2.44 bits per heavy atom. The zero-order valence-corrected chi connectivity index (χ0v) is 10.4. The first-order valence-corrected chi connectivity index (χ1v) is 5.50. The highest BCUT2D eigenvalue weighted by Gasteiger charge is 2.01. The Balaban J connectivity index is 0.000000509. The van der Waals surface area contributed by atoms with Crippen LogP contribution < -0.4 is 5.63 Å². The summed E-state index contributed by atoms with van der Waals surface area (Å²) >= 11 is 0. The molecule has 0 aromatic carbocycles. The zero-order chi connectivity index (χ0) is 12.6. The van der Waals surface area contributed by atoms with Crippen LogP contribution in [0.3, 0.4) is 0 Å². The average molecular weight is 222 g/mol. The molecule has 16 heavy (non-hydrogen) atoms. The average Bonchev–Trinajstić information content (AvgIpc) is 2.34. The van der Waals surface area contributed by atoms with E-state index in [1.807, 2.05) is 27.7 Å². The van der Waals surface area contributed by atoms with Gasteiger partial charge in [-0.05, 0) is 12.1 Å². The maximum Gasteiger partial charge on any atom is 0.365 e. The molecule has 0 amide bonds. The molecule has 0 bridgehead atoms. The lowest BCUT2D eigenvalue weighted by molar-refractivity contribution is 0.465. The van der Waals surface area contributed by atoms with E-state index in [1.165, 1.54) is 6.20 Å². The van der Waals surface area contributed by atoms with Gasteiger partial charge in [-0.25, -0.2) is 14.8 Å². The van der Waals surface area contributed by atoms with Crippen molar-refractivity contribution in [1.29, 1.82) is 0 Å². The van der Waals surface area contributed by atoms with Gasteiger partial charge in [-0.3, -0.25) is 0 Å². The molecular weight excluding hydrogens is 204 g/mol. The second-order valence-electron chi connectivity index (χ2n) is 2.39. The summed E-state index contributed by atoms with van der Waals surface area (Å²) in [6.07, 6.45) is 1.54. The van der Waals surface area contributed by atoms with Gasteiger partial charge in [0.2, 0.25) is 0 Å². The smallest absolute Gasteiger partial charge is 0.365 e. The number of hydrogen-bond acceptors (Lipinski definition) is 4. The third kappa shape index (κ3) is 3.46. The van der Waals surface area contributed by atoms with Gasteiger partial charge in [0.05, 0.1) is 5.52 Å². The Hall–Kier alpha value is -1.71. The first kappa shape index (κ1) is 14.3. The molecule has 2 aromatic heterocycles. The summed E-state index contributed by atoms with van der Waals surface area (Å²) < 4.78 is 4.76. The topological polar surface area (TPSA) is 56.0 Å². The highest BCUT2D eigenvalue weighted by molar-refractivity contribution is 5.71. The minimum atomic E-state index is -0.432. The fourth-order valence-corrected chi connectivity index (χ4v) is 1.02. The zero-order valence-electron chi connectivity index (χ0n) is 10.4. The van der Waals surface area contributed by atoms with Gasteiger partial charge < -0.3 is 4.42 Å². The SMILES string of the molecule is CC.CC.Cc1nc2cccnc2c(=O)o1. The van der Waals surface area contributed by atoms with Crippen LogP contribution >= 0.6 is 0 Å². The summed E-state index contributed by atoms with van der Waals surface area (Å²) in [5.74, 6) is 0.362. The van der Waals surface area contributed by atoms with Crippen molar-refractivity contribution >= 4 is 11.0 Å². The largest absolute Gasteiger partial charge is 0.407 e. The van der Waals surface area contributed by atoms with E-state index in [1.54, 1.807) is 19.1 Å². The lowest BCUT2D eigenvalue weighted by Gasteiger charge is -1.93. The molecule has 4 heteroatoms. The molecule has 0 fully saturated rings. The molecule has 0 spiro atoms.